The molecule has 1 aliphatic rings. The van der Waals surface area contributed by atoms with Crippen LogP contribution < -0.4 is 26.3 Å². The molecule has 7 N–H and O–H groups in total. The number of benzene rings is 2. The van der Waals surface area contributed by atoms with Crippen LogP contribution in [0.5, 0.6) is 11.5 Å². The lowest BCUT2D eigenvalue weighted by atomic mass is 10.0. The number of nitrogens with one attached hydrogen (secondary N) is 1. The molecule has 1 aliphatic heterocycles. The van der Waals surface area contributed by atoms with Crippen LogP contribution in [0.4, 0.5) is 5.69 Å². The standard InChI is InChI=1S/C25H27N5O9/c1-30(12-19(31)29-17(23(35)36)11-20(32)33)22(34)16-5-2-6-18-21(16)38-9-3-4-13-10-14(28-25(26)27)7-8-15(13)24(37)39-18/h2,5-8,10,17H,3-4,9,11-12H2,1H3,(H,29,31)(H,32,33)(H,35,36)(H4,26,27,28). The zero-order valence-corrected chi connectivity index (χ0v) is 20.9. The molecule has 0 saturated carbocycles. The minimum Gasteiger partial charge on any atom is -0.489 e. The topological polar surface area (TPSA) is 224 Å². The van der Waals surface area contributed by atoms with Gasteiger partial charge in [-0.05, 0) is 48.7 Å². The van der Waals surface area contributed by atoms with E-state index in [1.54, 1.807) is 12.1 Å². The lowest BCUT2D eigenvalue weighted by Crippen LogP contribution is -2.46. The maximum Gasteiger partial charge on any atom is 0.343 e. The number of rotatable bonds is 8. The summed E-state index contributed by atoms with van der Waals surface area (Å²) in [5, 5.41) is 20.0. The smallest absolute Gasteiger partial charge is 0.343 e. The van der Waals surface area contributed by atoms with Gasteiger partial charge in [-0.1, -0.05) is 6.07 Å². The number of esters is 1. The lowest BCUT2D eigenvalue weighted by Gasteiger charge is -2.22. The molecule has 1 unspecified atom stereocenters. The van der Waals surface area contributed by atoms with E-state index in [0.717, 1.165) is 4.90 Å². The zero-order valence-electron chi connectivity index (χ0n) is 20.9. The average Bonchev–Trinajstić information content (AvgIpc) is 2.85. The highest BCUT2D eigenvalue weighted by Crippen LogP contribution is 2.34. The Kier molecular flexibility index (Phi) is 9.04. The fourth-order valence-corrected chi connectivity index (χ4v) is 3.82. The molecule has 0 radical (unpaired) electrons. The number of ether oxygens (including phenoxy) is 2. The molecule has 0 fully saturated rings. The second-order valence-corrected chi connectivity index (χ2v) is 8.57. The van der Waals surface area contributed by atoms with Gasteiger partial charge >= 0.3 is 17.9 Å². The molecular formula is C25H27N5O9. The molecule has 0 spiro atoms. The van der Waals surface area contributed by atoms with Crippen LogP contribution in [0.15, 0.2) is 41.4 Å². The normalized spacial score (nSPS) is 13.3. The molecule has 1 atom stereocenters. The number of likely N-dealkylation sites (N-methyl/N-ethyl adjacent to an activating group) is 1. The summed E-state index contributed by atoms with van der Waals surface area (Å²) in [6, 6.07) is 7.46. The van der Waals surface area contributed by atoms with E-state index in [0.29, 0.717) is 24.1 Å². The van der Waals surface area contributed by atoms with E-state index in [1.807, 2.05) is 0 Å². The molecule has 0 saturated heterocycles. The molecule has 206 valence electrons. The fraction of sp³-hybridized carbons (Fsp3) is 0.280. The predicted molar refractivity (Wildman–Crippen MR) is 136 cm³/mol. The molecular weight excluding hydrogens is 514 g/mol. The van der Waals surface area contributed by atoms with E-state index in [-0.39, 0.29) is 35.2 Å². The van der Waals surface area contributed by atoms with Gasteiger partial charge in [0.1, 0.15) is 6.04 Å². The van der Waals surface area contributed by atoms with Crippen LogP contribution >= 0.6 is 0 Å². The molecule has 14 nitrogen and oxygen atoms in total. The van der Waals surface area contributed by atoms with Crippen molar-refractivity contribution in [3.8, 4) is 11.5 Å². The van der Waals surface area contributed by atoms with Crippen molar-refractivity contribution in [1.82, 2.24) is 10.2 Å². The van der Waals surface area contributed by atoms with Gasteiger partial charge in [0.2, 0.25) is 5.91 Å². The predicted octanol–water partition coefficient (Wildman–Crippen LogP) is 0.252. The largest absolute Gasteiger partial charge is 0.489 e. The zero-order chi connectivity index (χ0) is 28.7. The molecule has 39 heavy (non-hydrogen) atoms. The van der Waals surface area contributed by atoms with Crippen molar-refractivity contribution in [2.45, 2.75) is 25.3 Å². The summed E-state index contributed by atoms with van der Waals surface area (Å²) in [5.74, 6) is -5.33. The quantitative estimate of drug-likeness (QED) is 0.132. The highest BCUT2D eigenvalue weighted by atomic mass is 16.6. The van der Waals surface area contributed by atoms with Crippen molar-refractivity contribution < 1.29 is 43.7 Å². The van der Waals surface area contributed by atoms with Crippen LogP contribution in [0.25, 0.3) is 0 Å². The van der Waals surface area contributed by atoms with Gasteiger partial charge in [0.15, 0.2) is 17.5 Å². The number of hydrogen-bond donors (Lipinski definition) is 5. The minimum absolute atomic E-state index is 0.000163. The monoisotopic (exact) mass is 541 g/mol. The summed E-state index contributed by atoms with van der Waals surface area (Å²) < 4.78 is 11.4. The second-order valence-electron chi connectivity index (χ2n) is 8.57. The third-order valence-corrected chi connectivity index (χ3v) is 5.56. The maximum absolute atomic E-state index is 13.2. The van der Waals surface area contributed by atoms with Gasteiger partial charge in [-0.2, -0.15) is 0 Å². The van der Waals surface area contributed by atoms with E-state index in [4.69, 9.17) is 31.2 Å². The molecule has 3 rings (SSSR count). The number of nitrogens with zero attached hydrogens (tertiary/aromatic N) is 2. The van der Waals surface area contributed by atoms with E-state index < -0.39 is 48.7 Å². The van der Waals surface area contributed by atoms with Crippen molar-refractivity contribution in [3.05, 3.63) is 53.1 Å². The Labute approximate surface area is 222 Å². The summed E-state index contributed by atoms with van der Waals surface area (Å²) >= 11 is 0. The van der Waals surface area contributed by atoms with Crippen LogP contribution in [-0.4, -0.2) is 77.0 Å². The molecule has 2 amide bonds. The first-order valence-electron chi connectivity index (χ1n) is 11.7. The van der Waals surface area contributed by atoms with Crippen molar-refractivity contribution in [1.29, 1.82) is 0 Å². The van der Waals surface area contributed by atoms with Crippen LogP contribution in [0.2, 0.25) is 0 Å². The third-order valence-electron chi connectivity index (χ3n) is 5.56. The highest BCUT2D eigenvalue weighted by Gasteiger charge is 2.27. The van der Waals surface area contributed by atoms with Crippen molar-refractivity contribution in [2.75, 3.05) is 20.2 Å². The van der Waals surface area contributed by atoms with E-state index >= 15 is 0 Å². The van der Waals surface area contributed by atoms with Gasteiger partial charge in [-0.25, -0.2) is 14.6 Å². The number of fused-ring (bicyclic) bond motifs is 2. The number of amides is 2. The Morgan fingerprint density at radius 2 is 1.90 bits per heavy atom. The molecule has 14 heteroatoms. The van der Waals surface area contributed by atoms with E-state index in [1.165, 1.54) is 31.3 Å². The van der Waals surface area contributed by atoms with Crippen LogP contribution in [0, 0.1) is 0 Å². The van der Waals surface area contributed by atoms with Gasteiger partial charge in [-0.3, -0.25) is 14.4 Å². The molecule has 0 bridgehead atoms. The van der Waals surface area contributed by atoms with Gasteiger partial charge in [0.25, 0.3) is 5.91 Å². The van der Waals surface area contributed by atoms with Crippen LogP contribution in [0.1, 0.15) is 39.1 Å². The van der Waals surface area contributed by atoms with Crippen molar-refractivity contribution in [2.24, 2.45) is 16.5 Å². The Hall–Kier alpha value is -5.14. The van der Waals surface area contributed by atoms with E-state index in [2.05, 4.69) is 10.3 Å². The number of carboxylic acids is 2. The summed E-state index contributed by atoms with van der Waals surface area (Å²) in [4.78, 5) is 65.6. The fourth-order valence-electron chi connectivity index (χ4n) is 3.82. The Morgan fingerprint density at radius 3 is 2.56 bits per heavy atom. The number of guanidine groups is 1. The summed E-state index contributed by atoms with van der Waals surface area (Å²) in [7, 11) is 1.30. The number of aryl methyl sites for hydroxylation is 1. The number of aliphatic carboxylic acids is 2. The van der Waals surface area contributed by atoms with Crippen molar-refractivity contribution in [3.63, 3.8) is 0 Å². The molecule has 0 aromatic heterocycles. The number of para-hydroxylation sites is 1. The van der Waals surface area contributed by atoms with Gasteiger partial charge in [0, 0.05) is 7.05 Å². The Balaban J connectivity index is 1.82. The first-order valence-corrected chi connectivity index (χ1v) is 11.7. The third kappa shape index (κ3) is 7.44. The van der Waals surface area contributed by atoms with Crippen LogP contribution in [0.3, 0.4) is 0 Å². The van der Waals surface area contributed by atoms with Crippen molar-refractivity contribution >= 4 is 41.4 Å². The van der Waals surface area contributed by atoms with Crippen LogP contribution in [-0.2, 0) is 20.8 Å². The first kappa shape index (κ1) is 28.4. The SMILES string of the molecule is CN(CC(=O)NC(CC(=O)O)C(=O)O)C(=O)c1cccc2c1OCCCc1cc(N=C(N)N)ccc1C(=O)O2. The number of carboxylic acid groups (broad SMARTS) is 2. The molecule has 2 aromatic carbocycles. The second kappa shape index (κ2) is 12.4. The number of aliphatic imine (C=N–C) groups is 1. The average molecular weight is 542 g/mol. The summed E-state index contributed by atoms with van der Waals surface area (Å²) in [5.41, 5.74) is 12.3. The van der Waals surface area contributed by atoms with Gasteiger partial charge in [0.05, 0.1) is 36.4 Å². The Morgan fingerprint density at radius 1 is 1.15 bits per heavy atom. The number of carbonyl (C=O) groups excluding carboxylic acids is 3. The molecule has 2 aromatic rings. The highest BCUT2D eigenvalue weighted by molar-refractivity contribution is 6.00. The van der Waals surface area contributed by atoms with Gasteiger partial charge in [-0.15, -0.1) is 0 Å². The molecule has 0 aliphatic carbocycles. The number of hydrogen-bond acceptors (Lipinski definition) is 8. The number of nitrogens with two attached hydrogens (primary N) is 2. The van der Waals surface area contributed by atoms with Gasteiger partial charge < -0.3 is 41.4 Å². The lowest BCUT2D eigenvalue weighted by molar-refractivity contribution is -0.147. The van der Waals surface area contributed by atoms with E-state index in [9.17, 15) is 24.0 Å². The first-order chi connectivity index (χ1) is 18.5. The summed E-state index contributed by atoms with van der Waals surface area (Å²) in [6.45, 7) is -0.419. The summed E-state index contributed by atoms with van der Waals surface area (Å²) in [6.07, 6.45) is 0.0552. The minimum atomic E-state index is -1.66. The number of carbonyl (C=O) groups is 5. The molecule has 1 heterocycles. The Bertz CT molecular complexity index is 1340. The maximum atomic E-state index is 13.2.